The van der Waals surface area contributed by atoms with Gasteiger partial charge in [-0.1, -0.05) is 12.1 Å². The zero-order valence-electron chi connectivity index (χ0n) is 14.8. The van der Waals surface area contributed by atoms with Crippen LogP contribution in [0.4, 0.5) is 9.18 Å². The van der Waals surface area contributed by atoms with Crippen molar-refractivity contribution in [1.82, 2.24) is 4.90 Å². The molecule has 2 bridgehead atoms. The molecule has 5 nitrogen and oxygen atoms in total. The Hall–Kier alpha value is -1.95. The van der Waals surface area contributed by atoms with Gasteiger partial charge in [0.2, 0.25) is 0 Å². The SMILES string of the molecule is CC(C)(C)OC(=O)N1C2COCC1CC(C(=O)c1cccc(F)c1)C2. The number of carbonyl (C=O) groups excluding carboxylic acids is 2. The Morgan fingerprint density at radius 3 is 2.40 bits per heavy atom. The van der Waals surface area contributed by atoms with Crippen molar-refractivity contribution in [2.75, 3.05) is 13.2 Å². The first kappa shape index (κ1) is 17.9. The van der Waals surface area contributed by atoms with E-state index < -0.39 is 11.4 Å². The van der Waals surface area contributed by atoms with E-state index in [9.17, 15) is 14.0 Å². The summed E-state index contributed by atoms with van der Waals surface area (Å²) in [4.78, 5) is 27.0. The van der Waals surface area contributed by atoms with Crippen LogP contribution in [0.2, 0.25) is 0 Å². The van der Waals surface area contributed by atoms with E-state index in [1.807, 2.05) is 20.8 Å². The van der Waals surface area contributed by atoms with Gasteiger partial charge in [0.15, 0.2) is 5.78 Å². The molecule has 0 spiro atoms. The molecule has 2 aliphatic rings. The first-order chi connectivity index (χ1) is 11.7. The van der Waals surface area contributed by atoms with Crippen LogP contribution in [0.5, 0.6) is 0 Å². The van der Waals surface area contributed by atoms with Crippen molar-refractivity contribution >= 4 is 11.9 Å². The molecular weight excluding hydrogens is 325 g/mol. The molecule has 2 heterocycles. The van der Waals surface area contributed by atoms with Crippen molar-refractivity contribution in [2.24, 2.45) is 5.92 Å². The summed E-state index contributed by atoms with van der Waals surface area (Å²) in [6.07, 6.45) is 0.651. The molecule has 25 heavy (non-hydrogen) atoms. The van der Waals surface area contributed by atoms with Gasteiger partial charge in [0, 0.05) is 11.5 Å². The van der Waals surface area contributed by atoms with Crippen molar-refractivity contribution in [3.8, 4) is 0 Å². The molecule has 1 aromatic carbocycles. The molecule has 136 valence electrons. The highest BCUT2D eigenvalue weighted by Gasteiger charge is 2.45. The van der Waals surface area contributed by atoms with E-state index >= 15 is 0 Å². The minimum Gasteiger partial charge on any atom is -0.444 e. The van der Waals surface area contributed by atoms with Crippen molar-refractivity contribution in [2.45, 2.75) is 51.3 Å². The van der Waals surface area contributed by atoms with E-state index in [0.29, 0.717) is 31.6 Å². The molecular formula is C19H24FNO4. The highest BCUT2D eigenvalue weighted by molar-refractivity contribution is 5.98. The number of halogens is 1. The van der Waals surface area contributed by atoms with Crippen LogP contribution in [-0.2, 0) is 9.47 Å². The molecule has 2 atom stereocenters. The number of amides is 1. The molecule has 2 saturated heterocycles. The number of hydrogen-bond acceptors (Lipinski definition) is 4. The second-order valence-corrected chi connectivity index (χ2v) is 7.78. The van der Waals surface area contributed by atoms with Crippen molar-refractivity contribution in [3.05, 3.63) is 35.6 Å². The van der Waals surface area contributed by atoms with Gasteiger partial charge in [-0.15, -0.1) is 0 Å². The monoisotopic (exact) mass is 349 g/mol. The Morgan fingerprint density at radius 2 is 1.84 bits per heavy atom. The Kier molecular flexibility index (Phi) is 4.82. The summed E-state index contributed by atoms with van der Waals surface area (Å²) in [5.74, 6) is -0.722. The largest absolute Gasteiger partial charge is 0.444 e. The molecule has 3 rings (SSSR count). The van der Waals surface area contributed by atoms with Gasteiger partial charge in [-0.3, -0.25) is 9.69 Å². The Morgan fingerprint density at radius 1 is 1.20 bits per heavy atom. The number of nitrogens with zero attached hydrogens (tertiary/aromatic N) is 1. The first-order valence-corrected chi connectivity index (χ1v) is 8.63. The van der Waals surface area contributed by atoms with Crippen LogP contribution in [0.15, 0.2) is 24.3 Å². The lowest BCUT2D eigenvalue weighted by Gasteiger charge is -2.47. The lowest BCUT2D eigenvalue weighted by molar-refractivity contribution is -0.0861. The van der Waals surface area contributed by atoms with Crippen LogP contribution >= 0.6 is 0 Å². The van der Waals surface area contributed by atoms with Crippen LogP contribution in [0, 0.1) is 11.7 Å². The summed E-state index contributed by atoms with van der Waals surface area (Å²) in [6.45, 7) is 6.28. The maximum Gasteiger partial charge on any atom is 0.410 e. The van der Waals surface area contributed by atoms with Gasteiger partial charge in [0.1, 0.15) is 11.4 Å². The number of morpholine rings is 1. The van der Waals surface area contributed by atoms with E-state index in [-0.39, 0.29) is 29.9 Å². The Balaban J connectivity index is 1.75. The summed E-state index contributed by atoms with van der Waals surface area (Å²) in [6, 6.07) is 5.40. The third-order valence-electron chi connectivity index (χ3n) is 4.60. The normalized spacial score (nSPS) is 26.2. The quantitative estimate of drug-likeness (QED) is 0.768. The van der Waals surface area contributed by atoms with Gasteiger partial charge in [-0.05, 0) is 45.7 Å². The Labute approximate surface area is 147 Å². The average molecular weight is 349 g/mol. The molecule has 1 aromatic rings. The van der Waals surface area contributed by atoms with E-state index in [2.05, 4.69) is 0 Å². The molecule has 2 aliphatic heterocycles. The maximum atomic E-state index is 13.4. The number of fused-ring (bicyclic) bond motifs is 2. The molecule has 0 N–H and O–H groups in total. The van der Waals surface area contributed by atoms with Crippen LogP contribution in [0.3, 0.4) is 0 Å². The summed E-state index contributed by atoms with van der Waals surface area (Å²) >= 11 is 0. The fraction of sp³-hybridized carbons (Fsp3) is 0.579. The van der Waals surface area contributed by atoms with Crippen LogP contribution in [0.25, 0.3) is 0 Å². The molecule has 2 fully saturated rings. The molecule has 6 heteroatoms. The van der Waals surface area contributed by atoms with E-state index in [1.54, 1.807) is 17.0 Å². The van der Waals surface area contributed by atoms with Gasteiger partial charge >= 0.3 is 6.09 Å². The summed E-state index contributed by atoms with van der Waals surface area (Å²) in [5, 5.41) is 0. The smallest absolute Gasteiger partial charge is 0.410 e. The summed E-state index contributed by atoms with van der Waals surface area (Å²) in [7, 11) is 0. The van der Waals surface area contributed by atoms with Gasteiger partial charge in [-0.25, -0.2) is 9.18 Å². The zero-order valence-corrected chi connectivity index (χ0v) is 14.8. The van der Waals surface area contributed by atoms with Crippen LogP contribution < -0.4 is 0 Å². The predicted molar refractivity (Wildman–Crippen MR) is 89.9 cm³/mol. The second-order valence-electron chi connectivity index (χ2n) is 7.78. The van der Waals surface area contributed by atoms with Crippen molar-refractivity contribution < 1.29 is 23.5 Å². The van der Waals surface area contributed by atoms with Gasteiger partial charge in [-0.2, -0.15) is 0 Å². The fourth-order valence-corrected chi connectivity index (χ4v) is 3.62. The number of benzene rings is 1. The molecule has 0 saturated carbocycles. The third-order valence-corrected chi connectivity index (χ3v) is 4.60. The topological polar surface area (TPSA) is 55.8 Å². The van der Waals surface area contributed by atoms with Gasteiger partial charge < -0.3 is 9.47 Å². The van der Waals surface area contributed by atoms with Crippen LogP contribution in [-0.4, -0.2) is 47.7 Å². The summed E-state index contributed by atoms with van der Waals surface area (Å²) in [5.41, 5.74) is -0.185. The van der Waals surface area contributed by atoms with Crippen molar-refractivity contribution in [1.29, 1.82) is 0 Å². The zero-order chi connectivity index (χ0) is 18.2. The number of piperidine rings is 1. The number of rotatable bonds is 2. The Bertz CT molecular complexity index is 656. The van der Waals surface area contributed by atoms with Crippen LogP contribution in [0.1, 0.15) is 44.0 Å². The molecule has 0 radical (unpaired) electrons. The highest BCUT2D eigenvalue weighted by Crippen LogP contribution is 2.34. The van der Waals surface area contributed by atoms with Crippen molar-refractivity contribution in [3.63, 3.8) is 0 Å². The number of hydrogen-bond donors (Lipinski definition) is 0. The highest BCUT2D eigenvalue weighted by atomic mass is 19.1. The predicted octanol–water partition coefficient (Wildman–Crippen LogP) is 3.42. The lowest BCUT2D eigenvalue weighted by Crippen LogP contribution is -2.60. The standard InChI is InChI=1S/C19H24FNO4/c1-19(2,3)25-18(23)21-15-8-13(9-16(21)11-24-10-15)17(22)12-5-4-6-14(20)7-12/h4-7,13,15-16H,8-11H2,1-3H3. The van der Waals surface area contributed by atoms with E-state index in [1.165, 1.54) is 12.1 Å². The maximum absolute atomic E-state index is 13.4. The third kappa shape index (κ3) is 4.00. The van der Waals surface area contributed by atoms with Gasteiger partial charge in [0.05, 0.1) is 25.3 Å². The second kappa shape index (κ2) is 6.75. The minimum absolute atomic E-state index is 0.0692. The fourth-order valence-electron chi connectivity index (χ4n) is 3.62. The first-order valence-electron chi connectivity index (χ1n) is 8.63. The van der Waals surface area contributed by atoms with Gasteiger partial charge in [0.25, 0.3) is 0 Å². The number of Topliss-reactive ketones (excluding diaryl/α,β-unsaturated/α-hetero) is 1. The number of carbonyl (C=O) groups is 2. The minimum atomic E-state index is -0.569. The molecule has 0 aliphatic carbocycles. The average Bonchev–Trinajstić information content (AvgIpc) is 2.51. The van der Waals surface area contributed by atoms with E-state index in [0.717, 1.165) is 0 Å². The summed E-state index contributed by atoms with van der Waals surface area (Å²) < 4.78 is 24.5. The van der Waals surface area contributed by atoms with E-state index in [4.69, 9.17) is 9.47 Å². The lowest BCUT2D eigenvalue weighted by atomic mass is 9.81. The number of ether oxygens (including phenoxy) is 2. The molecule has 0 aromatic heterocycles. The number of ketones is 1. The molecule has 2 unspecified atom stereocenters. The molecule has 1 amide bonds.